The Morgan fingerprint density at radius 3 is 2.30 bits per heavy atom. The van der Waals surface area contributed by atoms with Crippen LogP contribution in [-0.4, -0.2) is 73.5 Å². The Kier molecular flexibility index (Phi) is 6.07. The molecular weight excluding hydrogens is 491 g/mol. The molecule has 3 rings (SSSR count). The van der Waals surface area contributed by atoms with Gasteiger partial charge in [0.25, 0.3) is 0 Å². The Hall–Kier alpha value is -3.31. The summed E-state index contributed by atoms with van der Waals surface area (Å²) in [6.07, 6.45) is -2.69. The van der Waals surface area contributed by atoms with E-state index in [0.717, 1.165) is 28.0 Å². The quantitative estimate of drug-likeness (QED) is 0.430. The van der Waals surface area contributed by atoms with Gasteiger partial charge in [-0.15, -0.1) is 10.2 Å². The van der Waals surface area contributed by atoms with Crippen LogP contribution in [0.2, 0.25) is 0 Å². The first-order chi connectivity index (χ1) is 15.2. The van der Waals surface area contributed by atoms with Gasteiger partial charge in [0.15, 0.2) is 33.8 Å². The summed E-state index contributed by atoms with van der Waals surface area (Å²) in [6, 6.07) is 1.08. The standard InChI is InChI=1S/C15H12F7N7O3S/c1-2-33(30,31)10-3-11(29-8-23-7-25-29)26-27-12(10)28-5-9(4-24-28)32-6-13(16,17)14(18,19)15(20,21)22/h3-5,7-8H,2,6H2,1H3. The molecule has 0 aromatic carbocycles. The maximum atomic E-state index is 13.4. The fourth-order valence-corrected chi connectivity index (χ4v) is 3.32. The minimum atomic E-state index is -6.51. The summed E-state index contributed by atoms with van der Waals surface area (Å²) in [4.78, 5) is 3.27. The van der Waals surface area contributed by atoms with Crippen molar-refractivity contribution in [3.8, 4) is 17.4 Å². The molecule has 0 aliphatic carbocycles. The number of ether oxygens (including phenoxy) is 1. The van der Waals surface area contributed by atoms with Crippen LogP contribution in [0, 0.1) is 0 Å². The number of hydrogen-bond donors (Lipinski definition) is 0. The van der Waals surface area contributed by atoms with E-state index in [2.05, 4.69) is 30.1 Å². The summed E-state index contributed by atoms with van der Waals surface area (Å²) >= 11 is 0. The molecule has 33 heavy (non-hydrogen) atoms. The highest BCUT2D eigenvalue weighted by Gasteiger charge is 2.73. The van der Waals surface area contributed by atoms with Crippen molar-refractivity contribution in [2.45, 2.75) is 29.8 Å². The first-order valence-electron chi connectivity index (χ1n) is 8.65. The van der Waals surface area contributed by atoms with E-state index < -0.39 is 50.9 Å². The lowest BCUT2D eigenvalue weighted by Crippen LogP contribution is -2.54. The summed E-state index contributed by atoms with van der Waals surface area (Å²) in [5.74, 6) is -13.4. The fourth-order valence-electron chi connectivity index (χ4n) is 2.31. The number of sulfone groups is 1. The third-order valence-corrected chi connectivity index (χ3v) is 5.84. The molecule has 0 saturated heterocycles. The van der Waals surface area contributed by atoms with Crippen LogP contribution in [-0.2, 0) is 9.84 Å². The topological polar surface area (TPSA) is 118 Å². The molecule has 180 valence electrons. The van der Waals surface area contributed by atoms with Crippen LogP contribution in [0.1, 0.15) is 6.92 Å². The fraction of sp³-hybridized carbons (Fsp3) is 0.400. The Labute approximate surface area is 179 Å². The van der Waals surface area contributed by atoms with Crippen molar-refractivity contribution in [3.63, 3.8) is 0 Å². The van der Waals surface area contributed by atoms with E-state index in [1.807, 2.05) is 0 Å². The molecule has 0 atom stereocenters. The number of alkyl halides is 7. The number of rotatable bonds is 8. The molecule has 0 N–H and O–H groups in total. The van der Waals surface area contributed by atoms with Crippen molar-refractivity contribution >= 4 is 9.84 Å². The van der Waals surface area contributed by atoms with Gasteiger partial charge < -0.3 is 4.74 Å². The number of nitrogens with zero attached hydrogens (tertiary/aromatic N) is 7. The van der Waals surface area contributed by atoms with Crippen LogP contribution in [0.15, 0.2) is 36.0 Å². The Morgan fingerprint density at radius 2 is 1.73 bits per heavy atom. The first kappa shape index (κ1) is 24.3. The normalized spacial score (nSPS) is 13.3. The smallest absolute Gasteiger partial charge is 0.460 e. The zero-order chi connectivity index (χ0) is 24.7. The molecule has 0 fully saturated rings. The van der Waals surface area contributed by atoms with Crippen LogP contribution >= 0.6 is 0 Å². The van der Waals surface area contributed by atoms with Crippen LogP contribution in [0.3, 0.4) is 0 Å². The highest BCUT2D eigenvalue weighted by Crippen LogP contribution is 2.46. The molecule has 0 aliphatic rings. The molecule has 3 heterocycles. The van der Waals surface area contributed by atoms with E-state index in [1.165, 1.54) is 13.3 Å². The average molecular weight is 503 g/mol. The maximum absolute atomic E-state index is 13.4. The SMILES string of the molecule is CCS(=O)(=O)c1cc(-n2cncn2)nnc1-n1cc(OCC(F)(F)C(F)(F)C(F)(F)F)cn1. The molecule has 3 aromatic rings. The molecule has 0 bridgehead atoms. The minimum absolute atomic E-state index is 0.0408. The lowest BCUT2D eigenvalue weighted by Gasteiger charge is -2.27. The van der Waals surface area contributed by atoms with Crippen molar-refractivity contribution in [2.75, 3.05) is 12.4 Å². The summed E-state index contributed by atoms with van der Waals surface area (Å²) < 4.78 is 121. The highest BCUT2D eigenvalue weighted by atomic mass is 32.2. The Morgan fingerprint density at radius 1 is 1.03 bits per heavy atom. The van der Waals surface area contributed by atoms with Gasteiger partial charge in [-0.05, 0) is 0 Å². The molecule has 10 nitrogen and oxygen atoms in total. The van der Waals surface area contributed by atoms with E-state index in [4.69, 9.17) is 0 Å². The second kappa shape index (κ2) is 8.23. The van der Waals surface area contributed by atoms with Crippen LogP contribution in [0.4, 0.5) is 30.7 Å². The largest absolute Gasteiger partial charge is 0.484 e. The third-order valence-electron chi connectivity index (χ3n) is 4.11. The van der Waals surface area contributed by atoms with Gasteiger partial charge in [-0.2, -0.15) is 40.9 Å². The van der Waals surface area contributed by atoms with Gasteiger partial charge >= 0.3 is 18.0 Å². The third kappa shape index (κ3) is 4.60. The summed E-state index contributed by atoms with van der Waals surface area (Å²) in [5.41, 5.74) is 0. The molecule has 0 saturated carbocycles. The molecule has 0 radical (unpaired) electrons. The van der Waals surface area contributed by atoms with E-state index in [0.29, 0.717) is 6.20 Å². The summed E-state index contributed by atoms with van der Waals surface area (Å²) in [6.45, 7) is -1.00. The summed E-state index contributed by atoms with van der Waals surface area (Å²) in [7, 11) is -3.96. The Bertz CT molecular complexity index is 1230. The van der Waals surface area contributed by atoms with Crippen molar-refractivity contribution in [2.24, 2.45) is 0 Å². The Balaban J connectivity index is 1.91. The van der Waals surface area contributed by atoms with Crippen LogP contribution in [0.5, 0.6) is 5.75 Å². The molecule has 18 heteroatoms. The van der Waals surface area contributed by atoms with Gasteiger partial charge in [-0.25, -0.2) is 22.8 Å². The minimum Gasteiger partial charge on any atom is -0.484 e. The maximum Gasteiger partial charge on any atom is 0.460 e. The monoisotopic (exact) mass is 503 g/mol. The van der Waals surface area contributed by atoms with Crippen LogP contribution < -0.4 is 4.74 Å². The van der Waals surface area contributed by atoms with E-state index in [1.54, 1.807) is 0 Å². The second-order valence-corrected chi connectivity index (χ2v) is 8.57. The number of halogens is 7. The van der Waals surface area contributed by atoms with Gasteiger partial charge in [0.1, 0.15) is 17.6 Å². The lowest BCUT2D eigenvalue weighted by molar-refractivity contribution is -0.358. The predicted molar refractivity (Wildman–Crippen MR) is 93.2 cm³/mol. The van der Waals surface area contributed by atoms with Crippen LogP contribution in [0.25, 0.3) is 11.6 Å². The first-order valence-corrected chi connectivity index (χ1v) is 10.3. The highest BCUT2D eigenvalue weighted by molar-refractivity contribution is 7.91. The molecule has 3 aromatic heterocycles. The lowest BCUT2D eigenvalue weighted by atomic mass is 10.2. The van der Waals surface area contributed by atoms with Crippen molar-refractivity contribution in [3.05, 3.63) is 31.1 Å². The zero-order valence-corrected chi connectivity index (χ0v) is 17.0. The molecule has 0 amide bonds. The van der Waals surface area contributed by atoms with E-state index in [-0.39, 0.29) is 11.6 Å². The second-order valence-electron chi connectivity index (χ2n) is 6.32. The van der Waals surface area contributed by atoms with Crippen molar-refractivity contribution in [1.82, 2.24) is 34.7 Å². The molecular formula is C15H12F7N7O3S. The van der Waals surface area contributed by atoms with Gasteiger partial charge in [0, 0.05) is 6.07 Å². The number of hydrogen-bond acceptors (Lipinski definition) is 8. The zero-order valence-electron chi connectivity index (χ0n) is 16.2. The predicted octanol–water partition coefficient (Wildman–Crippen LogP) is 2.25. The van der Waals surface area contributed by atoms with Crippen molar-refractivity contribution < 1.29 is 43.9 Å². The summed E-state index contributed by atoms with van der Waals surface area (Å²) in [5, 5.41) is 14.9. The van der Waals surface area contributed by atoms with Gasteiger partial charge in [0.05, 0.1) is 18.1 Å². The van der Waals surface area contributed by atoms with Crippen molar-refractivity contribution in [1.29, 1.82) is 0 Å². The number of aromatic nitrogens is 7. The average Bonchev–Trinajstić information content (AvgIpc) is 3.43. The van der Waals surface area contributed by atoms with Gasteiger partial charge in [0.2, 0.25) is 0 Å². The molecule has 0 aliphatic heterocycles. The molecule has 0 spiro atoms. The van der Waals surface area contributed by atoms with Gasteiger partial charge in [-0.3, -0.25) is 0 Å². The van der Waals surface area contributed by atoms with Gasteiger partial charge in [-0.1, -0.05) is 6.92 Å². The van der Waals surface area contributed by atoms with E-state index >= 15 is 0 Å². The molecule has 0 unspecified atom stereocenters. The van der Waals surface area contributed by atoms with E-state index in [9.17, 15) is 39.2 Å².